The third kappa shape index (κ3) is 3.30. The van der Waals surface area contributed by atoms with Crippen LogP contribution in [0.15, 0.2) is 10.9 Å². The summed E-state index contributed by atoms with van der Waals surface area (Å²) in [4.78, 5) is 26.6. The van der Waals surface area contributed by atoms with E-state index in [1.54, 1.807) is 6.07 Å². The predicted octanol–water partition coefficient (Wildman–Crippen LogP) is 1.84. The van der Waals surface area contributed by atoms with E-state index in [1.807, 2.05) is 6.92 Å². The van der Waals surface area contributed by atoms with E-state index in [9.17, 15) is 4.79 Å². The van der Waals surface area contributed by atoms with Crippen molar-refractivity contribution in [3.05, 3.63) is 27.9 Å². The third-order valence-electron chi connectivity index (χ3n) is 4.46. The first kappa shape index (κ1) is 17.3. The quantitative estimate of drug-likeness (QED) is 0.671. The SMILES string of the molecule is CCc1cc(=O)n2nc(N3CCCN(c4nc(CC)ns4)CC3)sc2n1. The molecule has 3 aromatic heterocycles. The molecular formula is C16H21N7OS2. The Labute approximate surface area is 159 Å². The minimum absolute atomic E-state index is 0.105. The summed E-state index contributed by atoms with van der Waals surface area (Å²) < 4.78 is 5.81. The van der Waals surface area contributed by atoms with Gasteiger partial charge in [-0.2, -0.15) is 8.89 Å². The summed E-state index contributed by atoms with van der Waals surface area (Å²) in [6.07, 6.45) is 2.63. The van der Waals surface area contributed by atoms with Crippen molar-refractivity contribution in [1.29, 1.82) is 0 Å². The van der Waals surface area contributed by atoms with E-state index in [0.29, 0.717) is 4.96 Å². The largest absolute Gasteiger partial charge is 0.345 e. The maximum atomic E-state index is 12.2. The zero-order valence-corrected chi connectivity index (χ0v) is 16.5. The van der Waals surface area contributed by atoms with Gasteiger partial charge in [0.1, 0.15) is 5.82 Å². The average Bonchev–Trinajstić information content (AvgIpc) is 3.23. The van der Waals surface area contributed by atoms with Crippen LogP contribution in [-0.4, -0.2) is 50.1 Å². The van der Waals surface area contributed by atoms with Gasteiger partial charge >= 0.3 is 0 Å². The van der Waals surface area contributed by atoms with Crippen LogP contribution in [0.1, 0.15) is 31.8 Å². The van der Waals surface area contributed by atoms with E-state index in [0.717, 1.165) is 67.2 Å². The molecule has 0 spiro atoms. The van der Waals surface area contributed by atoms with Gasteiger partial charge in [0.2, 0.25) is 15.2 Å². The summed E-state index contributed by atoms with van der Waals surface area (Å²) in [5.74, 6) is 0.912. The van der Waals surface area contributed by atoms with Crippen molar-refractivity contribution in [2.75, 3.05) is 36.0 Å². The highest BCUT2D eigenvalue weighted by Gasteiger charge is 2.21. The summed E-state index contributed by atoms with van der Waals surface area (Å²) in [6.45, 7) is 7.65. The molecule has 3 aromatic rings. The molecule has 0 unspecified atom stereocenters. The molecule has 0 N–H and O–H groups in total. The topological polar surface area (TPSA) is 79.5 Å². The van der Waals surface area contributed by atoms with Gasteiger partial charge in [-0.3, -0.25) is 4.79 Å². The van der Waals surface area contributed by atoms with Crippen LogP contribution >= 0.6 is 22.9 Å². The average molecular weight is 392 g/mol. The van der Waals surface area contributed by atoms with E-state index < -0.39 is 0 Å². The van der Waals surface area contributed by atoms with Crippen LogP contribution in [-0.2, 0) is 12.8 Å². The number of nitrogens with zero attached hydrogens (tertiary/aromatic N) is 7. The van der Waals surface area contributed by atoms with Gasteiger partial charge in [-0.05, 0) is 12.8 Å². The maximum Gasteiger partial charge on any atom is 0.275 e. The molecule has 4 rings (SSSR count). The van der Waals surface area contributed by atoms with Crippen LogP contribution < -0.4 is 15.4 Å². The molecule has 0 aliphatic carbocycles. The lowest BCUT2D eigenvalue weighted by molar-refractivity contribution is 0.783. The van der Waals surface area contributed by atoms with E-state index in [1.165, 1.54) is 27.4 Å². The summed E-state index contributed by atoms with van der Waals surface area (Å²) in [6, 6.07) is 1.57. The Bertz CT molecular complexity index is 963. The Morgan fingerprint density at radius 3 is 2.50 bits per heavy atom. The molecule has 0 amide bonds. The van der Waals surface area contributed by atoms with Crippen molar-refractivity contribution in [1.82, 2.24) is 24.0 Å². The molecule has 1 aliphatic rings. The molecule has 1 saturated heterocycles. The lowest BCUT2D eigenvalue weighted by Gasteiger charge is -2.20. The van der Waals surface area contributed by atoms with E-state index >= 15 is 0 Å². The number of anilines is 2. The smallest absolute Gasteiger partial charge is 0.275 e. The Kier molecular flexibility index (Phi) is 4.86. The number of hydrogen-bond acceptors (Lipinski definition) is 9. The van der Waals surface area contributed by atoms with Gasteiger partial charge in [0.05, 0.1) is 0 Å². The van der Waals surface area contributed by atoms with Crippen LogP contribution in [0.2, 0.25) is 0 Å². The monoisotopic (exact) mass is 391 g/mol. The van der Waals surface area contributed by atoms with Gasteiger partial charge in [0.25, 0.3) is 5.56 Å². The molecule has 1 fully saturated rings. The van der Waals surface area contributed by atoms with Gasteiger partial charge in [0, 0.05) is 55.9 Å². The minimum Gasteiger partial charge on any atom is -0.345 e. The number of aryl methyl sites for hydroxylation is 2. The second-order valence-electron chi connectivity index (χ2n) is 6.19. The minimum atomic E-state index is -0.105. The highest BCUT2D eigenvalue weighted by molar-refractivity contribution is 7.20. The Balaban J connectivity index is 1.54. The highest BCUT2D eigenvalue weighted by Crippen LogP contribution is 2.25. The molecule has 0 atom stereocenters. The molecule has 26 heavy (non-hydrogen) atoms. The number of aromatic nitrogens is 5. The zero-order valence-electron chi connectivity index (χ0n) is 14.9. The van der Waals surface area contributed by atoms with Crippen LogP contribution in [0, 0.1) is 0 Å². The molecule has 138 valence electrons. The Hall–Kier alpha value is -2.07. The molecule has 0 aromatic carbocycles. The van der Waals surface area contributed by atoms with Gasteiger partial charge in [-0.25, -0.2) is 9.97 Å². The number of hydrogen-bond donors (Lipinski definition) is 0. The van der Waals surface area contributed by atoms with Crippen molar-refractivity contribution in [2.24, 2.45) is 0 Å². The fourth-order valence-corrected chi connectivity index (χ4v) is 4.75. The van der Waals surface area contributed by atoms with Gasteiger partial charge < -0.3 is 9.80 Å². The van der Waals surface area contributed by atoms with Gasteiger partial charge in [0.15, 0.2) is 0 Å². The first-order valence-electron chi connectivity index (χ1n) is 8.90. The molecule has 0 saturated carbocycles. The Morgan fingerprint density at radius 2 is 1.81 bits per heavy atom. The summed E-state index contributed by atoms with van der Waals surface area (Å²) in [5, 5.41) is 6.37. The standard InChI is InChI=1S/C16H21N7OS2/c1-3-11-10-13(24)23-15(17-11)25-16(19-23)22-7-5-6-21(8-9-22)14-18-12(4-2)20-26-14/h10H,3-9H2,1-2H3. The normalized spacial score (nSPS) is 15.6. The molecule has 1 aliphatic heterocycles. The van der Waals surface area contributed by atoms with Crippen LogP contribution in [0.4, 0.5) is 10.3 Å². The number of fused-ring (bicyclic) bond motifs is 1. The van der Waals surface area contributed by atoms with Crippen molar-refractivity contribution in [2.45, 2.75) is 33.1 Å². The van der Waals surface area contributed by atoms with Crippen molar-refractivity contribution < 1.29 is 0 Å². The van der Waals surface area contributed by atoms with Crippen molar-refractivity contribution in [3.8, 4) is 0 Å². The zero-order chi connectivity index (χ0) is 18.1. The Morgan fingerprint density at radius 1 is 1.04 bits per heavy atom. The molecular weight excluding hydrogens is 370 g/mol. The van der Waals surface area contributed by atoms with E-state index in [2.05, 4.69) is 36.2 Å². The molecule has 10 heteroatoms. The van der Waals surface area contributed by atoms with E-state index in [4.69, 9.17) is 0 Å². The van der Waals surface area contributed by atoms with Crippen LogP contribution in [0.3, 0.4) is 0 Å². The first-order chi connectivity index (χ1) is 12.7. The summed E-state index contributed by atoms with van der Waals surface area (Å²) >= 11 is 2.96. The van der Waals surface area contributed by atoms with Gasteiger partial charge in [-0.1, -0.05) is 25.2 Å². The molecule has 0 radical (unpaired) electrons. The highest BCUT2D eigenvalue weighted by atomic mass is 32.1. The fraction of sp³-hybridized carbons (Fsp3) is 0.562. The summed E-state index contributed by atoms with van der Waals surface area (Å²) in [7, 11) is 0. The number of rotatable bonds is 4. The second-order valence-corrected chi connectivity index (χ2v) is 7.86. The van der Waals surface area contributed by atoms with Crippen molar-refractivity contribution in [3.63, 3.8) is 0 Å². The van der Waals surface area contributed by atoms with Crippen molar-refractivity contribution >= 4 is 38.1 Å². The van der Waals surface area contributed by atoms with E-state index in [-0.39, 0.29) is 5.56 Å². The lowest BCUT2D eigenvalue weighted by Crippen LogP contribution is -2.30. The van der Waals surface area contributed by atoms with Crippen LogP contribution in [0.25, 0.3) is 4.96 Å². The third-order valence-corrected chi connectivity index (χ3v) is 6.24. The van der Waals surface area contributed by atoms with Crippen LogP contribution in [0.5, 0.6) is 0 Å². The predicted molar refractivity (Wildman–Crippen MR) is 105 cm³/mol. The fourth-order valence-electron chi connectivity index (χ4n) is 2.97. The first-order valence-corrected chi connectivity index (χ1v) is 10.5. The molecule has 0 bridgehead atoms. The summed E-state index contributed by atoms with van der Waals surface area (Å²) in [5.41, 5.74) is 0.710. The molecule has 8 nitrogen and oxygen atoms in total. The second kappa shape index (κ2) is 7.28. The lowest BCUT2D eigenvalue weighted by atomic mass is 10.3. The maximum absolute atomic E-state index is 12.2. The molecule has 4 heterocycles. The van der Waals surface area contributed by atoms with Gasteiger partial charge in [-0.15, -0.1) is 5.10 Å².